The summed E-state index contributed by atoms with van der Waals surface area (Å²) < 4.78 is 19.0. The van der Waals surface area contributed by atoms with Gasteiger partial charge in [0.2, 0.25) is 23.6 Å². The van der Waals surface area contributed by atoms with Crippen molar-refractivity contribution in [2.45, 2.75) is 178 Å². The van der Waals surface area contributed by atoms with Gasteiger partial charge in [0, 0.05) is 25.2 Å². The van der Waals surface area contributed by atoms with E-state index in [2.05, 4.69) is 148 Å². The summed E-state index contributed by atoms with van der Waals surface area (Å²) in [5.41, 5.74) is 11.0. The molecule has 0 aliphatic carbocycles. The van der Waals surface area contributed by atoms with E-state index in [-0.39, 0.29) is 65.7 Å². The first-order chi connectivity index (χ1) is 52.1. The highest BCUT2D eigenvalue weighted by molar-refractivity contribution is 5.90. The molecule has 14 rings (SSSR count). The largest absolute Gasteiger partial charge is 0.453 e. The Morgan fingerprint density at radius 2 is 0.806 bits per heavy atom. The fraction of sp³-hybridized carbons (Fsp3) is 0.450. The zero-order valence-corrected chi connectivity index (χ0v) is 62.5. The molecule has 8 amide bonds. The minimum absolute atomic E-state index is 0.0785. The van der Waals surface area contributed by atoms with Gasteiger partial charge in [0.05, 0.1) is 99.7 Å². The molecule has 8 aromatic rings. The molecule has 28 nitrogen and oxygen atoms in total. The lowest BCUT2D eigenvalue weighted by atomic mass is 9.95. The molecule has 0 radical (unpaired) electrons. The van der Waals surface area contributed by atoms with E-state index in [1.807, 2.05) is 66.6 Å². The van der Waals surface area contributed by atoms with Crippen LogP contribution in [0.4, 0.5) is 19.2 Å². The number of likely N-dealkylation sites (tertiary alicyclic amines) is 2. The minimum atomic E-state index is -0.706. The number of aromatic nitrogens is 8. The average Bonchev–Trinajstić information content (AvgIpc) is 1.68. The van der Waals surface area contributed by atoms with Crippen molar-refractivity contribution in [2.75, 3.05) is 41.5 Å². The van der Waals surface area contributed by atoms with E-state index in [1.165, 1.54) is 28.4 Å². The molecule has 8 N–H and O–H groups in total. The number of alkyl carbamates (subject to hydrolysis) is 4. The summed E-state index contributed by atoms with van der Waals surface area (Å²) in [6.45, 7) is 10.8. The number of aromatic amines is 4. The van der Waals surface area contributed by atoms with Crippen molar-refractivity contribution in [3.63, 3.8) is 0 Å². The monoisotopic (exact) mass is 1470 g/mol. The lowest BCUT2D eigenvalue weighted by Crippen LogP contribution is -2.55. The average molecular weight is 1470 g/mol. The van der Waals surface area contributed by atoms with Crippen molar-refractivity contribution >= 4 is 48.0 Å². The number of carbonyl (C=O) groups excluding carboxylic acids is 8. The molecule has 10 heterocycles. The van der Waals surface area contributed by atoms with Crippen molar-refractivity contribution in [3.8, 4) is 67.3 Å². The van der Waals surface area contributed by atoms with E-state index in [9.17, 15) is 38.4 Å². The number of hydrogen-bond acceptors (Lipinski definition) is 16. The molecule has 0 bridgehead atoms. The molecule has 0 spiro atoms. The second-order valence-electron chi connectivity index (χ2n) is 29.6. The molecular formula is C80H96N16O12. The van der Waals surface area contributed by atoms with Crippen LogP contribution >= 0.6 is 0 Å². The quantitative estimate of drug-likeness (QED) is 0.0370. The fourth-order valence-electron chi connectivity index (χ4n) is 16.4. The molecule has 4 aromatic heterocycles. The molecule has 6 fully saturated rings. The summed E-state index contributed by atoms with van der Waals surface area (Å²) in [5.74, 6) is 2.26. The van der Waals surface area contributed by atoms with E-state index < -0.39 is 54.1 Å². The highest BCUT2D eigenvalue weighted by Gasteiger charge is 2.49. The van der Waals surface area contributed by atoms with Crippen LogP contribution in [0, 0.1) is 11.8 Å². The third-order valence-corrected chi connectivity index (χ3v) is 22.4. The zero-order chi connectivity index (χ0) is 76.1. The number of ether oxygens (including phenoxy) is 4. The maximum atomic E-state index is 13.7. The molecule has 10 atom stereocenters. The Morgan fingerprint density at radius 3 is 1.24 bits per heavy atom. The van der Waals surface area contributed by atoms with Crippen LogP contribution in [0.2, 0.25) is 0 Å². The molecule has 568 valence electrons. The Hall–Kier alpha value is -11.3. The van der Waals surface area contributed by atoms with Gasteiger partial charge < -0.3 is 79.8 Å². The Bertz CT molecular complexity index is 4550. The lowest BCUT2D eigenvalue weighted by molar-refractivity contribution is -0.140. The van der Waals surface area contributed by atoms with Gasteiger partial charge in [-0.1, -0.05) is 125 Å². The van der Waals surface area contributed by atoms with Crippen LogP contribution in [-0.2, 0) is 43.7 Å². The minimum Gasteiger partial charge on any atom is -0.453 e. The van der Waals surface area contributed by atoms with Gasteiger partial charge in [-0.25, -0.2) is 39.1 Å². The highest BCUT2D eigenvalue weighted by Crippen LogP contribution is 2.44. The number of nitrogens with zero attached hydrogens (tertiary/aromatic N) is 8. The van der Waals surface area contributed by atoms with Gasteiger partial charge in [-0.15, -0.1) is 0 Å². The van der Waals surface area contributed by atoms with Crippen molar-refractivity contribution in [1.82, 2.24) is 80.7 Å². The van der Waals surface area contributed by atoms with Gasteiger partial charge in [-0.05, 0) is 147 Å². The van der Waals surface area contributed by atoms with E-state index in [1.54, 1.807) is 12.4 Å². The second-order valence-corrected chi connectivity index (χ2v) is 29.6. The number of piperidine rings is 1. The number of imidazole rings is 4. The van der Waals surface area contributed by atoms with Crippen LogP contribution in [0.15, 0.2) is 122 Å². The fourth-order valence-corrected chi connectivity index (χ4v) is 16.4. The van der Waals surface area contributed by atoms with E-state index in [0.29, 0.717) is 31.8 Å². The number of amides is 8. The van der Waals surface area contributed by atoms with Gasteiger partial charge in [0.15, 0.2) is 0 Å². The number of fused-ring (bicyclic) bond motifs is 2. The predicted molar refractivity (Wildman–Crippen MR) is 401 cm³/mol. The summed E-state index contributed by atoms with van der Waals surface area (Å²) in [6, 6.07) is 30.2. The van der Waals surface area contributed by atoms with Crippen LogP contribution in [0.3, 0.4) is 0 Å². The van der Waals surface area contributed by atoms with E-state index in [0.717, 1.165) is 155 Å². The molecular weight excluding hydrogens is 1380 g/mol. The summed E-state index contributed by atoms with van der Waals surface area (Å²) in [4.78, 5) is 142. The molecule has 0 saturated carbocycles. The number of rotatable bonds is 18. The Labute approximate surface area is 627 Å². The first kappa shape index (κ1) is 74.9. The standard InChI is InChI=1S/2C40H48N8O6/c1-23(2)33(46-39(52)54-5)36(50)47-20-6-19-40(47,3)37-42-22-31(44-37)27-13-9-25(10-14-27)24-7-11-26(12-8-24)30-21-41-34(43-30)32-18-16-28-15-17-29(35(49)48(28)32)45-38(51)53-4;1-23(2)34(46-40(52)54-4)38(50)47-20-6-9-32(47)35-41-21-30(43-35)26-14-10-24(11-15-26)25-12-16-27(17-13-25)31-22-42-36(44-31)33-19-18-28-7-5-8-29(37(49)48(28)33)45-39(51)53-3/h7-14,21-23,28-29,32-33H,6,15-20H2,1-5H3,(H,41,43)(H,42,44)(H,45,51)(H,46,52);10-17,21-23,28-29,32-34H,5-9,18-20H2,1-4H3,(H,41,43)(H,42,44)(H,45,51)(H,46,52)/t28-,29-,32-,33-,40-;28-,29-,32-,33-,34-/m00/s1. The third-order valence-electron chi connectivity index (χ3n) is 22.4. The molecule has 6 aliphatic rings. The first-order valence-electron chi connectivity index (χ1n) is 37.4. The molecule has 28 heteroatoms. The zero-order valence-electron chi connectivity index (χ0n) is 62.5. The number of carbonyl (C=O) groups is 8. The maximum absolute atomic E-state index is 13.7. The first-order valence-corrected chi connectivity index (χ1v) is 37.4. The number of benzene rings is 4. The molecule has 0 unspecified atom stereocenters. The number of hydrogen-bond donors (Lipinski definition) is 8. The summed E-state index contributed by atoms with van der Waals surface area (Å²) >= 11 is 0. The van der Waals surface area contributed by atoms with Crippen LogP contribution in [0.5, 0.6) is 0 Å². The molecule has 6 saturated heterocycles. The second kappa shape index (κ2) is 32.4. The number of H-pyrrole nitrogens is 4. The van der Waals surface area contributed by atoms with Crippen molar-refractivity contribution < 1.29 is 57.3 Å². The summed E-state index contributed by atoms with van der Waals surface area (Å²) in [5, 5.41) is 10.8. The normalized spacial score (nSPS) is 22.3. The SMILES string of the molecule is COC(=O)N[C@H]1CCC[C@H]2CC[C@@H](c3ncc(-c4ccc(-c5ccc(-c6cnc([C@@H]7CCCN7C(=O)[C@@H](NC(=O)OC)C(C)C)[nH]6)cc5)cc4)[nH]3)N2C1=O.COC(=O)N[C@H]1CC[C@H]2CC[C@@H](c3ncc(-c4ccc(-c5ccc(-c6cnc([C@]7(C)CCCN7C(=O)[C@@H](NC(=O)OC)C(C)C)[nH]6)cc5)cc4)[nH]3)N2C1=O. The van der Waals surface area contributed by atoms with Crippen molar-refractivity contribution in [1.29, 1.82) is 0 Å². The molecule has 4 aromatic carbocycles. The Morgan fingerprint density at radius 1 is 0.426 bits per heavy atom. The highest BCUT2D eigenvalue weighted by atomic mass is 16.5. The van der Waals surface area contributed by atoms with Crippen LogP contribution < -0.4 is 21.3 Å². The summed E-state index contributed by atoms with van der Waals surface area (Å²) in [6.07, 6.45) is 15.2. The molecule has 6 aliphatic heterocycles. The smallest absolute Gasteiger partial charge is 0.407 e. The lowest BCUT2D eigenvalue weighted by Gasteiger charge is -2.37. The Balaban J connectivity index is 0.000000190. The third kappa shape index (κ3) is 15.6. The van der Waals surface area contributed by atoms with Gasteiger partial charge in [0.1, 0.15) is 47.5 Å². The molecule has 108 heavy (non-hydrogen) atoms. The van der Waals surface area contributed by atoms with Crippen molar-refractivity contribution in [2.24, 2.45) is 11.8 Å². The van der Waals surface area contributed by atoms with Gasteiger partial charge >= 0.3 is 24.4 Å². The number of nitrogens with one attached hydrogen (secondary N) is 8. The summed E-state index contributed by atoms with van der Waals surface area (Å²) in [7, 11) is 5.18. The van der Waals surface area contributed by atoms with Crippen LogP contribution in [0.25, 0.3) is 67.3 Å². The van der Waals surface area contributed by atoms with Gasteiger partial charge in [-0.2, -0.15) is 0 Å². The Kier molecular flexibility index (Phi) is 22.5. The van der Waals surface area contributed by atoms with Crippen LogP contribution in [-0.4, -0.2) is 185 Å². The van der Waals surface area contributed by atoms with Crippen molar-refractivity contribution in [3.05, 3.63) is 145 Å². The maximum Gasteiger partial charge on any atom is 0.407 e. The van der Waals surface area contributed by atoms with E-state index in [4.69, 9.17) is 28.9 Å². The number of methoxy groups -OCH3 is 4. The van der Waals surface area contributed by atoms with Gasteiger partial charge in [-0.3, -0.25) is 19.2 Å². The topological polar surface area (TPSA) is 349 Å². The predicted octanol–water partition coefficient (Wildman–Crippen LogP) is 12.0. The van der Waals surface area contributed by atoms with Gasteiger partial charge in [0.25, 0.3) is 0 Å². The van der Waals surface area contributed by atoms with E-state index >= 15 is 0 Å². The van der Waals surface area contributed by atoms with Crippen LogP contribution in [0.1, 0.15) is 160 Å².